The first kappa shape index (κ1) is 13.0. The Kier molecular flexibility index (Phi) is 5.62. The third kappa shape index (κ3) is 4.98. The van der Waals surface area contributed by atoms with E-state index < -0.39 is 5.60 Å². The van der Waals surface area contributed by atoms with Gasteiger partial charge in [-0.1, -0.05) is 39.5 Å². The topological polar surface area (TPSA) is 32.3 Å². The molecule has 1 aliphatic carbocycles. The molecule has 0 bridgehead atoms. The average Bonchev–Trinajstić information content (AvgIpc) is 2.19. The highest BCUT2D eigenvalue weighted by molar-refractivity contribution is 4.84. The van der Waals surface area contributed by atoms with E-state index in [0.717, 1.165) is 31.8 Å². The lowest BCUT2D eigenvalue weighted by Crippen LogP contribution is -2.43. The maximum absolute atomic E-state index is 10.3. The van der Waals surface area contributed by atoms with Crippen molar-refractivity contribution < 1.29 is 5.11 Å². The van der Waals surface area contributed by atoms with Gasteiger partial charge in [-0.3, -0.25) is 0 Å². The Morgan fingerprint density at radius 2 is 1.93 bits per heavy atom. The summed E-state index contributed by atoms with van der Waals surface area (Å²) in [6, 6.07) is 0. The van der Waals surface area contributed by atoms with Gasteiger partial charge in [0.15, 0.2) is 0 Å². The van der Waals surface area contributed by atoms with Crippen LogP contribution in [-0.4, -0.2) is 23.8 Å². The zero-order valence-corrected chi connectivity index (χ0v) is 10.4. The van der Waals surface area contributed by atoms with Crippen LogP contribution in [0.5, 0.6) is 0 Å². The van der Waals surface area contributed by atoms with Crippen LogP contribution in [0.2, 0.25) is 0 Å². The van der Waals surface area contributed by atoms with Gasteiger partial charge in [-0.05, 0) is 31.7 Å². The summed E-state index contributed by atoms with van der Waals surface area (Å²) >= 11 is 0. The van der Waals surface area contributed by atoms with Crippen molar-refractivity contribution in [3.05, 3.63) is 0 Å². The fourth-order valence-electron chi connectivity index (χ4n) is 2.53. The molecule has 1 fully saturated rings. The predicted octanol–water partition coefficient (Wildman–Crippen LogP) is 2.71. The summed E-state index contributed by atoms with van der Waals surface area (Å²) in [6.07, 6.45) is 8.21. The molecule has 1 saturated carbocycles. The van der Waals surface area contributed by atoms with Crippen molar-refractivity contribution in [3.8, 4) is 0 Å². The lowest BCUT2D eigenvalue weighted by Gasteiger charge is -2.32. The SMILES string of the molecule is CCCC(C)CNCC1(O)CCCCC1. The molecular weight excluding hydrogens is 186 g/mol. The van der Waals surface area contributed by atoms with Crippen LogP contribution in [0.25, 0.3) is 0 Å². The smallest absolute Gasteiger partial charge is 0.0771 e. The molecule has 15 heavy (non-hydrogen) atoms. The Balaban J connectivity index is 2.12. The maximum Gasteiger partial charge on any atom is 0.0771 e. The molecule has 1 aliphatic rings. The molecule has 90 valence electrons. The lowest BCUT2D eigenvalue weighted by molar-refractivity contribution is 0.00440. The van der Waals surface area contributed by atoms with Gasteiger partial charge in [0.25, 0.3) is 0 Å². The van der Waals surface area contributed by atoms with Gasteiger partial charge in [0.05, 0.1) is 5.60 Å². The van der Waals surface area contributed by atoms with Crippen LogP contribution in [-0.2, 0) is 0 Å². The van der Waals surface area contributed by atoms with Crippen molar-refractivity contribution in [3.63, 3.8) is 0 Å². The molecule has 0 radical (unpaired) electrons. The quantitative estimate of drug-likeness (QED) is 0.711. The van der Waals surface area contributed by atoms with E-state index in [4.69, 9.17) is 0 Å². The highest BCUT2D eigenvalue weighted by Crippen LogP contribution is 2.27. The largest absolute Gasteiger partial charge is 0.389 e. The van der Waals surface area contributed by atoms with Gasteiger partial charge in [-0.2, -0.15) is 0 Å². The summed E-state index contributed by atoms with van der Waals surface area (Å²) in [7, 11) is 0. The predicted molar refractivity (Wildman–Crippen MR) is 65.0 cm³/mol. The van der Waals surface area contributed by atoms with E-state index >= 15 is 0 Å². The monoisotopic (exact) mass is 213 g/mol. The highest BCUT2D eigenvalue weighted by atomic mass is 16.3. The van der Waals surface area contributed by atoms with E-state index in [0.29, 0.717) is 0 Å². The van der Waals surface area contributed by atoms with Gasteiger partial charge in [0, 0.05) is 6.54 Å². The second-order valence-corrected chi connectivity index (χ2v) is 5.31. The summed E-state index contributed by atoms with van der Waals surface area (Å²) in [4.78, 5) is 0. The van der Waals surface area contributed by atoms with Gasteiger partial charge in [0.1, 0.15) is 0 Å². The Morgan fingerprint density at radius 3 is 2.53 bits per heavy atom. The van der Waals surface area contributed by atoms with Crippen molar-refractivity contribution in [1.29, 1.82) is 0 Å². The standard InChI is InChI=1S/C13H27NO/c1-3-7-12(2)10-14-11-13(15)8-5-4-6-9-13/h12,14-15H,3-11H2,1-2H3. The summed E-state index contributed by atoms with van der Waals surface area (Å²) in [5, 5.41) is 13.7. The molecule has 0 aromatic carbocycles. The van der Waals surface area contributed by atoms with E-state index in [1.807, 2.05) is 0 Å². The van der Waals surface area contributed by atoms with Crippen LogP contribution in [0, 0.1) is 5.92 Å². The van der Waals surface area contributed by atoms with Crippen LogP contribution in [0.1, 0.15) is 58.8 Å². The molecule has 0 spiro atoms. The normalized spacial score (nSPS) is 22.6. The lowest BCUT2D eigenvalue weighted by atomic mass is 9.85. The first-order valence-electron chi connectivity index (χ1n) is 6.59. The number of hydrogen-bond acceptors (Lipinski definition) is 2. The molecule has 2 nitrogen and oxygen atoms in total. The van der Waals surface area contributed by atoms with Crippen molar-refractivity contribution in [2.24, 2.45) is 5.92 Å². The maximum atomic E-state index is 10.3. The Labute approximate surface area is 94.5 Å². The molecule has 0 aromatic rings. The molecule has 0 heterocycles. The van der Waals surface area contributed by atoms with E-state index in [-0.39, 0.29) is 0 Å². The molecule has 0 amide bonds. The minimum absolute atomic E-state index is 0.399. The second-order valence-electron chi connectivity index (χ2n) is 5.31. The third-order valence-corrected chi connectivity index (χ3v) is 3.51. The zero-order valence-electron chi connectivity index (χ0n) is 10.4. The summed E-state index contributed by atoms with van der Waals surface area (Å²) in [5.41, 5.74) is -0.399. The van der Waals surface area contributed by atoms with Gasteiger partial charge in [0.2, 0.25) is 0 Å². The molecule has 1 rings (SSSR count). The van der Waals surface area contributed by atoms with E-state index in [1.165, 1.54) is 32.1 Å². The van der Waals surface area contributed by atoms with Crippen molar-refractivity contribution in [1.82, 2.24) is 5.32 Å². The molecule has 0 aliphatic heterocycles. The number of aliphatic hydroxyl groups is 1. The first-order valence-corrected chi connectivity index (χ1v) is 6.59. The van der Waals surface area contributed by atoms with Crippen LogP contribution < -0.4 is 5.32 Å². The average molecular weight is 213 g/mol. The molecule has 2 heteroatoms. The minimum atomic E-state index is -0.399. The summed E-state index contributed by atoms with van der Waals surface area (Å²) in [5.74, 6) is 0.738. The second kappa shape index (κ2) is 6.49. The summed E-state index contributed by atoms with van der Waals surface area (Å²) < 4.78 is 0. The summed E-state index contributed by atoms with van der Waals surface area (Å²) in [6.45, 7) is 6.35. The third-order valence-electron chi connectivity index (χ3n) is 3.51. The molecule has 1 atom stereocenters. The van der Waals surface area contributed by atoms with Gasteiger partial charge >= 0.3 is 0 Å². The number of hydrogen-bond donors (Lipinski definition) is 2. The van der Waals surface area contributed by atoms with Gasteiger partial charge in [-0.15, -0.1) is 0 Å². The number of nitrogens with one attached hydrogen (secondary N) is 1. The molecule has 0 aromatic heterocycles. The first-order chi connectivity index (χ1) is 7.16. The van der Waals surface area contributed by atoms with Gasteiger partial charge < -0.3 is 10.4 Å². The Bertz CT molecular complexity index is 164. The Hall–Kier alpha value is -0.0800. The van der Waals surface area contributed by atoms with Crippen LogP contribution in [0.15, 0.2) is 0 Å². The molecule has 0 saturated heterocycles. The van der Waals surface area contributed by atoms with Crippen LogP contribution in [0.4, 0.5) is 0 Å². The molecule has 2 N–H and O–H groups in total. The van der Waals surface area contributed by atoms with Crippen LogP contribution in [0.3, 0.4) is 0 Å². The van der Waals surface area contributed by atoms with Gasteiger partial charge in [-0.25, -0.2) is 0 Å². The van der Waals surface area contributed by atoms with E-state index in [9.17, 15) is 5.11 Å². The van der Waals surface area contributed by atoms with Crippen molar-refractivity contribution in [2.75, 3.05) is 13.1 Å². The Morgan fingerprint density at radius 1 is 1.27 bits per heavy atom. The fraction of sp³-hybridized carbons (Fsp3) is 1.00. The van der Waals surface area contributed by atoms with Crippen molar-refractivity contribution in [2.45, 2.75) is 64.4 Å². The molecular formula is C13H27NO. The highest BCUT2D eigenvalue weighted by Gasteiger charge is 2.28. The zero-order chi connectivity index (χ0) is 11.1. The van der Waals surface area contributed by atoms with E-state index in [2.05, 4.69) is 19.2 Å². The van der Waals surface area contributed by atoms with E-state index in [1.54, 1.807) is 0 Å². The van der Waals surface area contributed by atoms with Crippen molar-refractivity contribution >= 4 is 0 Å². The van der Waals surface area contributed by atoms with Crippen LogP contribution >= 0.6 is 0 Å². The number of rotatable bonds is 6. The molecule has 1 unspecified atom stereocenters. The fourth-order valence-corrected chi connectivity index (χ4v) is 2.53. The minimum Gasteiger partial charge on any atom is -0.389 e.